The Labute approximate surface area is 124 Å². The van der Waals surface area contributed by atoms with Crippen LogP contribution in [-0.4, -0.2) is 67.8 Å². The Morgan fingerprint density at radius 3 is 2.85 bits per heavy atom. The molecule has 2 heterocycles. The van der Waals surface area contributed by atoms with Gasteiger partial charge in [-0.25, -0.2) is 0 Å². The Hall–Kier alpha value is -0.160. The average Bonchev–Trinajstić information content (AvgIpc) is 2.41. The van der Waals surface area contributed by atoms with Gasteiger partial charge in [-0.05, 0) is 38.3 Å². The van der Waals surface area contributed by atoms with Crippen LogP contribution < -0.4 is 5.73 Å². The van der Waals surface area contributed by atoms with Gasteiger partial charge in [-0.1, -0.05) is 20.3 Å². The number of piperidine rings is 1. The number of hydrogen-bond donors (Lipinski definition) is 1. The van der Waals surface area contributed by atoms with Gasteiger partial charge in [-0.15, -0.1) is 0 Å². The van der Waals surface area contributed by atoms with E-state index >= 15 is 0 Å². The van der Waals surface area contributed by atoms with Crippen LogP contribution in [0.4, 0.5) is 0 Å². The highest BCUT2D eigenvalue weighted by atomic mass is 16.5. The van der Waals surface area contributed by atoms with Crippen LogP contribution in [0.15, 0.2) is 0 Å². The maximum absolute atomic E-state index is 6.00. The largest absolute Gasteiger partial charge is 0.374 e. The summed E-state index contributed by atoms with van der Waals surface area (Å²) < 4.78 is 6.00. The molecule has 2 atom stereocenters. The molecule has 20 heavy (non-hydrogen) atoms. The molecule has 2 aliphatic rings. The smallest absolute Gasteiger partial charge is 0.0829 e. The number of nitrogens with zero attached hydrogens (tertiary/aromatic N) is 2. The summed E-state index contributed by atoms with van der Waals surface area (Å²) in [5.74, 6) is 0.744. The van der Waals surface area contributed by atoms with Gasteiger partial charge in [-0.2, -0.15) is 0 Å². The van der Waals surface area contributed by atoms with E-state index in [1.165, 1.54) is 32.4 Å². The molecule has 118 valence electrons. The molecule has 2 N–H and O–H groups in total. The summed E-state index contributed by atoms with van der Waals surface area (Å²) in [6.45, 7) is 12.0. The van der Waals surface area contributed by atoms with E-state index in [1.54, 1.807) is 0 Å². The molecule has 2 saturated heterocycles. The second kappa shape index (κ2) is 8.32. The lowest BCUT2D eigenvalue weighted by atomic mass is 9.98. The van der Waals surface area contributed by atoms with Crippen molar-refractivity contribution in [1.82, 2.24) is 9.80 Å². The van der Waals surface area contributed by atoms with Crippen LogP contribution in [0.5, 0.6) is 0 Å². The third-order valence-electron chi connectivity index (χ3n) is 4.53. The molecule has 2 fully saturated rings. The molecule has 0 aromatic heterocycles. The van der Waals surface area contributed by atoms with Crippen LogP contribution in [0.3, 0.4) is 0 Å². The molecule has 4 heteroatoms. The molecule has 2 rings (SSSR count). The zero-order chi connectivity index (χ0) is 14.4. The standard InChI is InChI=1S/C16H33N3O/c1-14(2)11-18-9-10-20-16(12-18)13-19-8-4-3-5-15(19)6-7-17/h14-16H,3-13,17H2,1-2H3. The first kappa shape index (κ1) is 16.2. The predicted octanol–water partition coefficient (Wildman–Crippen LogP) is 1.55. The molecule has 0 saturated carbocycles. The van der Waals surface area contributed by atoms with Gasteiger partial charge in [0, 0.05) is 32.2 Å². The van der Waals surface area contributed by atoms with Gasteiger partial charge < -0.3 is 10.5 Å². The second-order valence-electron chi connectivity index (χ2n) is 6.87. The van der Waals surface area contributed by atoms with E-state index in [1.807, 2.05) is 0 Å². The van der Waals surface area contributed by atoms with Crippen molar-refractivity contribution in [3.63, 3.8) is 0 Å². The molecular weight excluding hydrogens is 250 g/mol. The lowest BCUT2D eigenvalue weighted by Gasteiger charge is -2.41. The topological polar surface area (TPSA) is 41.7 Å². The number of likely N-dealkylation sites (tertiary alicyclic amines) is 1. The molecule has 2 unspecified atom stereocenters. The Balaban J connectivity index is 1.81. The number of morpholine rings is 1. The molecule has 0 bridgehead atoms. The van der Waals surface area contributed by atoms with E-state index in [0.717, 1.165) is 45.1 Å². The highest BCUT2D eigenvalue weighted by molar-refractivity contribution is 4.82. The first-order valence-corrected chi connectivity index (χ1v) is 8.47. The number of rotatable bonds is 6. The maximum atomic E-state index is 6.00. The van der Waals surface area contributed by atoms with Crippen molar-refractivity contribution in [3.05, 3.63) is 0 Å². The first-order valence-electron chi connectivity index (χ1n) is 8.47. The van der Waals surface area contributed by atoms with Crippen molar-refractivity contribution in [1.29, 1.82) is 0 Å². The summed E-state index contributed by atoms with van der Waals surface area (Å²) in [6, 6.07) is 0.692. The average molecular weight is 283 g/mol. The van der Waals surface area contributed by atoms with Gasteiger partial charge in [0.25, 0.3) is 0 Å². The maximum Gasteiger partial charge on any atom is 0.0829 e. The molecule has 0 amide bonds. The summed E-state index contributed by atoms with van der Waals surface area (Å²) in [7, 11) is 0. The van der Waals surface area contributed by atoms with E-state index in [2.05, 4.69) is 23.6 Å². The molecule has 0 aromatic carbocycles. The van der Waals surface area contributed by atoms with Crippen molar-refractivity contribution >= 4 is 0 Å². The second-order valence-corrected chi connectivity index (χ2v) is 6.87. The van der Waals surface area contributed by atoms with Crippen molar-refractivity contribution in [2.24, 2.45) is 11.7 Å². The van der Waals surface area contributed by atoms with E-state index in [4.69, 9.17) is 10.5 Å². The fraction of sp³-hybridized carbons (Fsp3) is 1.00. The van der Waals surface area contributed by atoms with Crippen LogP contribution in [0.25, 0.3) is 0 Å². The third kappa shape index (κ3) is 4.99. The van der Waals surface area contributed by atoms with Gasteiger partial charge in [0.2, 0.25) is 0 Å². The van der Waals surface area contributed by atoms with Crippen LogP contribution in [0.2, 0.25) is 0 Å². The zero-order valence-corrected chi connectivity index (χ0v) is 13.4. The highest BCUT2D eigenvalue weighted by Gasteiger charge is 2.27. The fourth-order valence-electron chi connectivity index (χ4n) is 3.65. The molecule has 0 radical (unpaired) electrons. The Kier molecular flexibility index (Phi) is 6.75. The van der Waals surface area contributed by atoms with Crippen molar-refractivity contribution in [2.75, 3.05) is 45.9 Å². The molecule has 0 aromatic rings. The molecule has 2 aliphatic heterocycles. The highest BCUT2D eigenvalue weighted by Crippen LogP contribution is 2.21. The van der Waals surface area contributed by atoms with Gasteiger partial charge in [0.05, 0.1) is 12.7 Å². The number of nitrogens with two attached hydrogens (primary N) is 1. The number of hydrogen-bond acceptors (Lipinski definition) is 4. The number of ether oxygens (including phenoxy) is 1. The van der Waals surface area contributed by atoms with Gasteiger partial charge in [0.1, 0.15) is 0 Å². The van der Waals surface area contributed by atoms with E-state index in [9.17, 15) is 0 Å². The van der Waals surface area contributed by atoms with Crippen LogP contribution in [0.1, 0.15) is 39.5 Å². The quantitative estimate of drug-likeness (QED) is 0.803. The Morgan fingerprint density at radius 1 is 1.25 bits per heavy atom. The zero-order valence-electron chi connectivity index (χ0n) is 13.4. The minimum absolute atomic E-state index is 0.390. The van der Waals surface area contributed by atoms with Gasteiger partial charge >= 0.3 is 0 Å². The monoisotopic (exact) mass is 283 g/mol. The van der Waals surface area contributed by atoms with Crippen LogP contribution >= 0.6 is 0 Å². The van der Waals surface area contributed by atoms with Crippen LogP contribution in [-0.2, 0) is 4.74 Å². The lowest BCUT2D eigenvalue weighted by Crippen LogP contribution is -2.51. The summed E-state index contributed by atoms with van der Waals surface area (Å²) in [5.41, 5.74) is 5.77. The van der Waals surface area contributed by atoms with Gasteiger partial charge in [-0.3, -0.25) is 9.80 Å². The van der Waals surface area contributed by atoms with Crippen molar-refractivity contribution in [2.45, 2.75) is 51.7 Å². The fourth-order valence-corrected chi connectivity index (χ4v) is 3.65. The Bertz CT molecular complexity index is 270. The SMILES string of the molecule is CC(C)CN1CCOC(CN2CCCCC2CCN)C1. The van der Waals surface area contributed by atoms with E-state index in [-0.39, 0.29) is 0 Å². The molecule has 0 spiro atoms. The summed E-state index contributed by atoms with van der Waals surface area (Å²) in [5, 5.41) is 0. The van der Waals surface area contributed by atoms with Crippen molar-refractivity contribution < 1.29 is 4.74 Å². The van der Waals surface area contributed by atoms with Crippen molar-refractivity contribution in [3.8, 4) is 0 Å². The summed E-state index contributed by atoms with van der Waals surface area (Å²) in [4.78, 5) is 5.21. The molecule has 4 nitrogen and oxygen atoms in total. The normalized spacial score (nSPS) is 30.0. The molecule has 0 aliphatic carbocycles. The van der Waals surface area contributed by atoms with E-state index in [0.29, 0.717) is 12.1 Å². The first-order chi connectivity index (χ1) is 9.69. The summed E-state index contributed by atoms with van der Waals surface area (Å²) in [6.07, 6.45) is 5.55. The Morgan fingerprint density at radius 2 is 2.10 bits per heavy atom. The van der Waals surface area contributed by atoms with Gasteiger partial charge in [0.15, 0.2) is 0 Å². The summed E-state index contributed by atoms with van der Waals surface area (Å²) >= 11 is 0. The van der Waals surface area contributed by atoms with Crippen LogP contribution in [0, 0.1) is 5.92 Å². The third-order valence-corrected chi connectivity index (χ3v) is 4.53. The van der Waals surface area contributed by atoms with E-state index < -0.39 is 0 Å². The lowest BCUT2D eigenvalue weighted by molar-refractivity contribution is -0.0548. The minimum Gasteiger partial charge on any atom is -0.374 e. The minimum atomic E-state index is 0.390. The molecular formula is C16H33N3O. The predicted molar refractivity (Wildman–Crippen MR) is 83.9 cm³/mol.